The van der Waals surface area contributed by atoms with E-state index in [0.29, 0.717) is 0 Å². The van der Waals surface area contributed by atoms with E-state index in [1.165, 1.54) is 16.9 Å². The number of anilines is 2. The van der Waals surface area contributed by atoms with Crippen molar-refractivity contribution >= 4 is 34.0 Å². The van der Waals surface area contributed by atoms with Crippen LogP contribution in [0.5, 0.6) is 0 Å². The van der Waals surface area contributed by atoms with Crippen molar-refractivity contribution in [3.8, 4) is 11.3 Å². The van der Waals surface area contributed by atoms with E-state index in [0.717, 1.165) is 60.7 Å². The molecule has 0 radical (unpaired) electrons. The number of hydrogen-bond donors (Lipinski definition) is 0. The van der Waals surface area contributed by atoms with Crippen molar-refractivity contribution in [3.63, 3.8) is 0 Å². The Morgan fingerprint density at radius 1 is 1.36 bits per heavy atom. The van der Waals surface area contributed by atoms with Gasteiger partial charge < -0.3 is 4.90 Å². The highest BCUT2D eigenvalue weighted by molar-refractivity contribution is 7.14. The minimum absolute atomic E-state index is 0.00363. The zero-order valence-electron chi connectivity index (χ0n) is 16.8. The molecule has 1 aliphatic heterocycles. The lowest BCUT2D eigenvalue weighted by atomic mass is 9.98. The van der Waals surface area contributed by atoms with E-state index in [-0.39, 0.29) is 23.7 Å². The molecule has 1 aromatic carbocycles. The maximum Gasteiger partial charge on any atom is 0.231 e. The molecule has 28 heavy (non-hydrogen) atoms. The van der Waals surface area contributed by atoms with Gasteiger partial charge in [0, 0.05) is 42.1 Å². The molecule has 1 atom stereocenters. The lowest BCUT2D eigenvalue weighted by Crippen LogP contribution is -2.36. The average Bonchev–Trinajstić information content (AvgIpc) is 3.47. The van der Waals surface area contributed by atoms with Crippen LogP contribution in [-0.2, 0) is 16.0 Å². The smallest absolute Gasteiger partial charge is 0.231 e. The molecule has 1 saturated carbocycles. The first-order valence-corrected chi connectivity index (χ1v) is 11.0. The summed E-state index contributed by atoms with van der Waals surface area (Å²) in [7, 11) is 1.80. The van der Waals surface area contributed by atoms with Crippen molar-refractivity contribution in [1.29, 1.82) is 0 Å². The number of carbonyl (C=O) groups is 2. The number of fused-ring (bicyclic) bond motifs is 1. The molecule has 0 unspecified atom stereocenters. The lowest BCUT2D eigenvalue weighted by molar-refractivity contribution is -0.121. The molecule has 4 rings (SSSR count). The van der Waals surface area contributed by atoms with Crippen LogP contribution in [0.3, 0.4) is 0 Å². The lowest BCUT2D eigenvalue weighted by Gasteiger charge is -2.30. The summed E-state index contributed by atoms with van der Waals surface area (Å²) < 4.78 is 0. The predicted octanol–water partition coefficient (Wildman–Crippen LogP) is 4.51. The minimum atomic E-state index is -0.00363. The van der Waals surface area contributed by atoms with Gasteiger partial charge in [0.2, 0.25) is 11.8 Å². The molecule has 0 spiro atoms. The highest BCUT2D eigenvalue weighted by Gasteiger charge is 2.35. The standard InChI is InChI=1S/C22H27N3O2S/c1-4-14(2)20(26)24(3)22-23-18(13-28-22)16-9-10-19-17(12-16)6-5-11-25(19)21(27)15-7-8-15/h9-10,12-15H,4-8,11H2,1-3H3/t14-/m1/s1. The highest BCUT2D eigenvalue weighted by atomic mass is 32.1. The van der Waals surface area contributed by atoms with Crippen molar-refractivity contribution in [2.75, 3.05) is 23.4 Å². The van der Waals surface area contributed by atoms with Crippen LogP contribution >= 0.6 is 11.3 Å². The van der Waals surface area contributed by atoms with Gasteiger partial charge in [-0.1, -0.05) is 19.9 Å². The van der Waals surface area contributed by atoms with Gasteiger partial charge >= 0.3 is 0 Å². The van der Waals surface area contributed by atoms with Crippen LogP contribution in [0, 0.1) is 11.8 Å². The minimum Gasteiger partial charge on any atom is -0.312 e. The van der Waals surface area contributed by atoms with E-state index < -0.39 is 0 Å². The molecule has 2 aromatic rings. The van der Waals surface area contributed by atoms with Gasteiger partial charge in [0.25, 0.3) is 0 Å². The van der Waals surface area contributed by atoms with Gasteiger partial charge in [0.15, 0.2) is 5.13 Å². The molecule has 148 valence electrons. The molecule has 2 amide bonds. The number of rotatable bonds is 5. The Hall–Kier alpha value is -2.21. The zero-order valence-corrected chi connectivity index (χ0v) is 17.6. The van der Waals surface area contributed by atoms with E-state index in [9.17, 15) is 9.59 Å². The van der Waals surface area contributed by atoms with Gasteiger partial charge in [-0.2, -0.15) is 0 Å². The fraction of sp³-hybridized carbons (Fsp3) is 0.500. The number of hydrogen-bond acceptors (Lipinski definition) is 4. The Labute approximate surface area is 170 Å². The Kier molecular flexibility index (Phi) is 5.23. The van der Waals surface area contributed by atoms with Crippen molar-refractivity contribution < 1.29 is 9.59 Å². The number of nitrogens with zero attached hydrogens (tertiary/aromatic N) is 3. The Morgan fingerprint density at radius 2 is 2.14 bits per heavy atom. The van der Waals surface area contributed by atoms with Crippen molar-refractivity contribution in [2.24, 2.45) is 11.8 Å². The molecular formula is C22H27N3O2S. The molecule has 0 saturated heterocycles. The third-order valence-electron chi connectivity index (χ3n) is 5.83. The summed E-state index contributed by atoms with van der Waals surface area (Å²) >= 11 is 1.49. The van der Waals surface area contributed by atoms with Crippen molar-refractivity contribution in [1.82, 2.24) is 4.98 Å². The second kappa shape index (κ2) is 7.66. The van der Waals surface area contributed by atoms with Crippen molar-refractivity contribution in [3.05, 3.63) is 29.1 Å². The molecular weight excluding hydrogens is 370 g/mol. The van der Waals surface area contributed by atoms with Gasteiger partial charge in [-0.15, -0.1) is 11.3 Å². The van der Waals surface area contributed by atoms with E-state index >= 15 is 0 Å². The summed E-state index contributed by atoms with van der Waals surface area (Å²) in [6.45, 7) is 4.80. The Morgan fingerprint density at radius 3 is 2.86 bits per heavy atom. The second-order valence-electron chi connectivity index (χ2n) is 7.93. The number of amides is 2. The van der Waals surface area contributed by atoms with Crippen LogP contribution in [-0.4, -0.2) is 30.4 Å². The van der Waals surface area contributed by atoms with E-state index in [4.69, 9.17) is 4.98 Å². The first-order chi connectivity index (χ1) is 13.5. The van der Waals surface area contributed by atoms with Crippen LogP contribution in [0.4, 0.5) is 10.8 Å². The van der Waals surface area contributed by atoms with Gasteiger partial charge in [-0.3, -0.25) is 14.5 Å². The van der Waals surface area contributed by atoms with Crippen molar-refractivity contribution in [2.45, 2.75) is 46.0 Å². The fourth-order valence-electron chi connectivity index (χ4n) is 3.69. The van der Waals surface area contributed by atoms with E-state index in [1.54, 1.807) is 11.9 Å². The number of aryl methyl sites for hydroxylation is 1. The average molecular weight is 398 g/mol. The zero-order chi connectivity index (χ0) is 19.8. The maximum atomic E-state index is 12.6. The van der Waals surface area contributed by atoms with E-state index in [1.807, 2.05) is 30.2 Å². The quantitative estimate of drug-likeness (QED) is 0.746. The normalized spacial score (nSPS) is 17.2. The third kappa shape index (κ3) is 3.58. The highest BCUT2D eigenvalue weighted by Crippen LogP contribution is 2.37. The second-order valence-corrected chi connectivity index (χ2v) is 8.77. The van der Waals surface area contributed by atoms with Gasteiger partial charge in [0.1, 0.15) is 0 Å². The third-order valence-corrected chi connectivity index (χ3v) is 6.75. The number of aromatic nitrogens is 1. The van der Waals surface area contributed by atoms with Gasteiger partial charge in [0.05, 0.1) is 5.69 Å². The number of carbonyl (C=O) groups excluding carboxylic acids is 2. The molecule has 1 aliphatic carbocycles. The molecule has 0 bridgehead atoms. The summed E-state index contributed by atoms with van der Waals surface area (Å²) in [6.07, 6.45) is 4.88. The topological polar surface area (TPSA) is 53.5 Å². The summed E-state index contributed by atoms with van der Waals surface area (Å²) in [6, 6.07) is 6.28. The van der Waals surface area contributed by atoms with Crippen LogP contribution in [0.2, 0.25) is 0 Å². The first kappa shape index (κ1) is 19.1. The monoisotopic (exact) mass is 397 g/mol. The molecule has 0 N–H and O–H groups in total. The molecule has 2 aliphatic rings. The molecule has 1 fully saturated rings. The SMILES string of the molecule is CC[C@@H](C)C(=O)N(C)c1nc(-c2ccc3c(c2)CCCN3C(=O)C2CC2)cs1. The summed E-state index contributed by atoms with van der Waals surface area (Å²) in [5.74, 6) is 0.624. The number of thiazole rings is 1. The summed E-state index contributed by atoms with van der Waals surface area (Å²) in [4.78, 5) is 33.3. The van der Waals surface area contributed by atoms with Crippen LogP contribution < -0.4 is 9.80 Å². The Bertz CT molecular complexity index is 903. The number of benzene rings is 1. The van der Waals surface area contributed by atoms with E-state index in [2.05, 4.69) is 12.1 Å². The summed E-state index contributed by atoms with van der Waals surface area (Å²) in [5.41, 5.74) is 4.21. The molecule has 6 heteroatoms. The largest absolute Gasteiger partial charge is 0.312 e. The van der Waals surface area contributed by atoms with Crippen LogP contribution in [0.1, 0.15) is 45.1 Å². The van der Waals surface area contributed by atoms with Gasteiger partial charge in [-0.05, 0) is 49.8 Å². The predicted molar refractivity (Wildman–Crippen MR) is 114 cm³/mol. The molecule has 5 nitrogen and oxygen atoms in total. The maximum absolute atomic E-state index is 12.6. The van der Waals surface area contributed by atoms with Crippen LogP contribution in [0.15, 0.2) is 23.6 Å². The molecule has 1 aromatic heterocycles. The van der Waals surface area contributed by atoms with Gasteiger partial charge in [-0.25, -0.2) is 4.98 Å². The molecule has 2 heterocycles. The fourth-order valence-corrected chi connectivity index (χ4v) is 4.49. The van der Waals surface area contributed by atoms with Crippen LogP contribution in [0.25, 0.3) is 11.3 Å². The Balaban J connectivity index is 1.57. The first-order valence-electron chi connectivity index (χ1n) is 10.2. The summed E-state index contributed by atoms with van der Waals surface area (Å²) in [5, 5.41) is 2.73.